The number of halogens is 1. The van der Waals surface area contributed by atoms with Gasteiger partial charge in [-0.25, -0.2) is 0 Å². The standard InChI is InChI=1S/C21H26ClN3O/c1-16-9-10-18(22)15-20(16)25-13-11-24(12-14-25)17(2)21(26)23(3)19-7-5-4-6-8-19/h4-10,15,17H,11-14H2,1-3H3/t17-/m0/s1. The molecule has 1 aliphatic rings. The maximum atomic E-state index is 12.8. The van der Waals surface area contributed by atoms with Crippen LogP contribution in [0.15, 0.2) is 48.5 Å². The fourth-order valence-corrected chi connectivity index (χ4v) is 3.65. The Labute approximate surface area is 161 Å². The van der Waals surface area contributed by atoms with Crippen LogP contribution in [0.5, 0.6) is 0 Å². The Balaban J connectivity index is 1.62. The van der Waals surface area contributed by atoms with E-state index in [4.69, 9.17) is 11.6 Å². The van der Waals surface area contributed by atoms with E-state index in [0.717, 1.165) is 36.9 Å². The molecule has 2 aromatic rings. The minimum absolute atomic E-state index is 0.128. The number of piperazine rings is 1. The van der Waals surface area contributed by atoms with E-state index in [2.05, 4.69) is 22.8 Å². The Bertz CT molecular complexity index is 757. The molecule has 138 valence electrons. The van der Waals surface area contributed by atoms with Crippen molar-refractivity contribution in [1.29, 1.82) is 0 Å². The number of anilines is 2. The van der Waals surface area contributed by atoms with Crippen molar-refractivity contribution >= 4 is 28.9 Å². The van der Waals surface area contributed by atoms with Crippen LogP contribution in [0.3, 0.4) is 0 Å². The summed E-state index contributed by atoms with van der Waals surface area (Å²) in [4.78, 5) is 19.2. The molecular formula is C21H26ClN3O. The highest BCUT2D eigenvalue weighted by molar-refractivity contribution is 6.30. The Morgan fingerprint density at radius 1 is 1.08 bits per heavy atom. The fraction of sp³-hybridized carbons (Fsp3) is 0.381. The van der Waals surface area contributed by atoms with Crippen LogP contribution in [0.25, 0.3) is 0 Å². The van der Waals surface area contributed by atoms with Crippen molar-refractivity contribution in [2.45, 2.75) is 19.9 Å². The third kappa shape index (κ3) is 4.02. The molecule has 1 fully saturated rings. The van der Waals surface area contributed by atoms with Crippen LogP contribution in [0.1, 0.15) is 12.5 Å². The Morgan fingerprint density at radius 2 is 1.73 bits per heavy atom. The lowest BCUT2D eigenvalue weighted by molar-refractivity contribution is -0.123. The van der Waals surface area contributed by atoms with E-state index < -0.39 is 0 Å². The Hall–Kier alpha value is -2.04. The normalized spacial score (nSPS) is 16.4. The van der Waals surface area contributed by atoms with E-state index in [0.29, 0.717) is 0 Å². The largest absolute Gasteiger partial charge is 0.369 e. The number of carbonyl (C=O) groups excluding carboxylic acids is 1. The number of benzene rings is 2. The highest BCUT2D eigenvalue weighted by Crippen LogP contribution is 2.26. The number of carbonyl (C=O) groups is 1. The molecule has 4 nitrogen and oxygen atoms in total. The second kappa shape index (κ2) is 8.11. The van der Waals surface area contributed by atoms with Crippen LogP contribution in [0.2, 0.25) is 5.02 Å². The van der Waals surface area contributed by atoms with Crippen molar-refractivity contribution in [2.75, 3.05) is 43.0 Å². The summed E-state index contributed by atoms with van der Waals surface area (Å²) in [5, 5.41) is 0.765. The fourth-order valence-electron chi connectivity index (χ4n) is 3.49. The summed E-state index contributed by atoms with van der Waals surface area (Å²) in [5.41, 5.74) is 3.35. The molecule has 0 N–H and O–H groups in total. The number of hydrogen-bond donors (Lipinski definition) is 0. The third-order valence-electron chi connectivity index (χ3n) is 5.21. The van der Waals surface area contributed by atoms with Gasteiger partial charge in [0.05, 0.1) is 6.04 Å². The van der Waals surface area contributed by atoms with E-state index in [-0.39, 0.29) is 11.9 Å². The number of para-hydroxylation sites is 1. The molecular weight excluding hydrogens is 346 g/mol. The maximum Gasteiger partial charge on any atom is 0.243 e. The van der Waals surface area contributed by atoms with Gasteiger partial charge in [0.15, 0.2) is 0 Å². The van der Waals surface area contributed by atoms with Crippen LogP contribution in [0.4, 0.5) is 11.4 Å². The molecule has 0 radical (unpaired) electrons. The van der Waals surface area contributed by atoms with E-state index in [9.17, 15) is 4.79 Å². The van der Waals surface area contributed by atoms with Gasteiger partial charge in [0.2, 0.25) is 5.91 Å². The quantitative estimate of drug-likeness (QED) is 0.817. The van der Waals surface area contributed by atoms with Crippen molar-refractivity contribution < 1.29 is 4.79 Å². The molecule has 3 rings (SSSR count). The summed E-state index contributed by atoms with van der Waals surface area (Å²) in [6, 6.07) is 15.7. The number of likely N-dealkylation sites (N-methyl/N-ethyl adjacent to an activating group) is 1. The number of rotatable bonds is 4. The summed E-state index contributed by atoms with van der Waals surface area (Å²) in [5.74, 6) is 0.128. The Kier molecular flexibility index (Phi) is 5.84. The average Bonchev–Trinajstić information content (AvgIpc) is 2.69. The minimum Gasteiger partial charge on any atom is -0.369 e. The molecule has 0 spiro atoms. The zero-order valence-electron chi connectivity index (χ0n) is 15.7. The van der Waals surface area contributed by atoms with Crippen molar-refractivity contribution in [1.82, 2.24) is 4.90 Å². The second-order valence-electron chi connectivity index (χ2n) is 6.86. The van der Waals surface area contributed by atoms with E-state index >= 15 is 0 Å². The molecule has 1 atom stereocenters. The van der Waals surface area contributed by atoms with Crippen LogP contribution in [-0.4, -0.2) is 50.1 Å². The number of aryl methyl sites for hydroxylation is 1. The molecule has 5 heteroatoms. The van der Waals surface area contributed by atoms with Gasteiger partial charge in [-0.2, -0.15) is 0 Å². The van der Waals surface area contributed by atoms with Gasteiger partial charge < -0.3 is 9.80 Å². The number of amides is 1. The van der Waals surface area contributed by atoms with Crippen molar-refractivity contribution in [3.05, 3.63) is 59.1 Å². The van der Waals surface area contributed by atoms with Gasteiger partial charge in [-0.1, -0.05) is 35.9 Å². The van der Waals surface area contributed by atoms with Gasteiger partial charge in [-0.15, -0.1) is 0 Å². The predicted molar refractivity (Wildman–Crippen MR) is 109 cm³/mol. The first-order chi connectivity index (χ1) is 12.5. The summed E-state index contributed by atoms with van der Waals surface area (Å²) in [7, 11) is 1.85. The lowest BCUT2D eigenvalue weighted by atomic mass is 10.1. The predicted octanol–water partition coefficient (Wildman–Crippen LogP) is 3.82. The zero-order valence-corrected chi connectivity index (χ0v) is 16.4. The number of hydrogen-bond acceptors (Lipinski definition) is 3. The first kappa shape index (κ1) is 18.7. The molecule has 1 heterocycles. The van der Waals surface area contributed by atoms with Crippen molar-refractivity contribution in [2.24, 2.45) is 0 Å². The highest BCUT2D eigenvalue weighted by Gasteiger charge is 2.28. The molecule has 0 unspecified atom stereocenters. The summed E-state index contributed by atoms with van der Waals surface area (Å²) in [6.45, 7) is 7.63. The molecule has 2 aromatic carbocycles. The van der Waals surface area contributed by atoms with E-state index in [1.54, 1.807) is 4.90 Å². The highest BCUT2D eigenvalue weighted by atomic mass is 35.5. The van der Waals surface area contributed by atoms with Crippen LogP contribution < -0.4 is 9.80 Å². The SMILES string of the molecule is Cc1ccc(Cl)cc1N1CCN([C@@H](C)C(=O)N(C)c2ccccc2)CC1. The zero-order chi connectivity index (χ0) is 18.7. The molecule has 0 bridgehead atoms. The maximum absolute atomic E-state index is 12.8. The van der Waals surface area contributed by atoms with Gasteiger partial charge >= 0.3 is 0 Å². The smallest absolute Gasteiger partial charge is 0.243 e. The summed E-state index contributed by atoms with van der Waals surface area (Å²) in [6.07, 6.45) is 0. The summed E-state index contributed by atoms with van der Waals surface area (Å²) >= 11 is 6.16. The number of nitrogens with zero attached hydrogens (tertiary/aromatic N) is 3. The van der Waals surface area contributed by atoms with Gasteiger partial charge in [-0.3, -0.25) is 9.69 Å². The van der Waals surface area contributed by atoms with E-state index in [1.807, 2.05) is 56.4 Å². The molecule has 0 saturated carbocycles. The van der Waals surface area contributed by atoms with Crippen molar-refractivity contribution in [3.8, 4) is 0 Å². The molecule has 1 saturated heterocycles. The lowest BCUT2D eigenvalue weighted by Crippen LogP contribution is -2.54. The summed E-state index contributed by atoms with van der Waals surface area (Å²) < 4.78 is 0. The third-order valence-corrected chi connectivity index (χ3v) is 5.44. The van der Waals surface area contributed by atoms with Gasteiger partial charge in [0, 0.05) is 49.6 Å². The van der Waals surface area contributed by atoms with Gasteiger partial charge in [0.25, 0.3) is 0 Å². The molecule has 26 heavy (non-hydrogen) atoms. The van der Waals surface area contributed by atoms with Gasteiger partial charge in [0.1, 0.15) is 0 Å². The van der Waals surface area contributed by atoms with E-state index in [1.165, 1.54) is 11.3 Å². The molecule has 1 aliphatic heterocycles. The first-order valence-electron chi connectivity index (χ1n) is 9.05. The van der Waals surface area contributed by atoms with Crippen LogP contribution in [0, 0.1) is 6.92 Å². The monoisotopic (exact) mass is 371 g/mol. The lowest BCUT2D eigenvalue weighted by Gasteiger charge is -2.40. The molecule has 0 aliphatic carbocycles. The van der Waals surface area contributed by atoms with Crippen molar-refractivity contribution in [3.63, 3.8) is 0 Å². The van der Waals surface area contributed by atoms with Gasteiger partial charge in [-0.05, 0) is 43.7 Å². The topological polar surface area (TPSA) is 26.8 Å². The molecule has 0 aromatic heterocycles. The van der Waals surface area contributed by atoms with Crippen LogP contribution >= 0.6 is 11.6 Å². The second-order valence-corrected chi connectivity index (χ2v) is 7.30. The minimum atomic E-state index is -0.136. The van der Waals surface area contributed by atoms with Crippen LogP contribution in [-0.2, 0) is 4.79 Å². The average molecular weight is 372 g/mol. The Morgan fingerprint density at radius 3 is 2.38 bits per heavy atom. The first-order valence-corrected chi connectivity index (χ1v) is 9.43. The molecule has 1 amide bonds.